The molecule has 0 atom stereocenters. The number of piperidine rings is 1. The number of carbonyl (C=O) groups is 1. The number of aromatic nitrogens is 4. The first-order chi connectivity index (χ1) is 9.69. The maximum atomic E-state index is 11.9. The summed E-state index contributed by atoms with van der Waals surface area (Å²) in [5, 5.41) is 8.16. The molecule has 7 heteroatoms. The van der Waals surface area contributed by atoms with E-state index in [1.54, 1.807) is 10.9 Å². The Morgan fingerprint density at radius 3 is 2.95 bits per heavy atom. The number of carbonyl (C=O) groups excluding carboxylic acids is 1. The lowest BCUT2D eigenvalue weighted by Gasteiger charge is -2.26. The SMILES string of the molecule is CNc1nc(CN2CCCCC2=O)nc2c1cnn2C. The first-order valence-corrected chi connectivity index (χ1v) is 6.83. The van der Waals surface area contributed by atoms with E-state index >= 15 is 0 Å². The molecule has 0 unspecified atom stereocenters. The maximum absolute atomic E-state index is 11.9. The number of fused-ring (bicyclic) bond motifs is 1. The molecule has 1 saturated heterocycles. The van der Waals surface area contributed by atoms with Gasteiger partial charge in [0, 0.05) is 27.1 Å². The van der Waals surface area contributed by atoms with Crippen molar-refractivity contribution in [1.82, 2.24) is 24.6 Å². The maximum Gasteiger partial charge on any atom is 0.222 e. The summed E-state index contributed by atoms with van der Waals surface area (Å²) >= 11 is 0. The first-order valence-electron chi connectivity index (χ1n) is 6.83. The number of hydrogen-bond acceptors (Lipinski definition) is 5. The summed E-state index contributed by atoms with van der Waals surface area (Å²) in [7, 11) is 3.68. The summed E-state index contributed by atoms with van der Waals surface area (Å²) in [4.78, 5) is 22.7. The van der Waals surface area contributed by atoms with Gasteiger partial charge in [-0.15, -0.1) is 0 Å². The van der Waals surface area contributed by atoms with Crippen molar-refractivity contribution in [2.24, 2.45) is 7.05 Å². The van der Waals surface area contributed by atoms with E-state index in [2.05, 4.69) is 20.4 Å². The van der Waals surface area contributed by atoms with Crippen LogP contribution >= 0.6 is 0 Å². The third-order valence-electron chi connectivity index (χ3n) is 3.63. The van der Waals surface area contributed by atoms with E-state index in [0.717, 1.165) is 36.2 Å². The molecule has 0 radical (unpaired) electrons. The van der Waals surface area contributed by atoms with Gasteiger partial charge >= 0.3 is 0 Å². The Kier molecular flexibility index (Phi) is 3.25. The van der Waals surface area contributed by atoms with E-state index in [1.165, 1.54) is 0 Å². The zero-order valence-electron chi connectivity index (χ0n) is 11.8. The minimum Gasteiger partial charge on any atom is -0.372 e. The molecule has 2 aromatic rings. The van der Waals surface area contributed by atoms with Crippen molar-refractivity contribution in [3.63, 3.8) is 0 Å². The second kappa shape index (κ2) is 5.07. The average Bonchev–Trinajstić information content (AvgIpc) is 2.82. The highest BCUT2D eigenvalue weighted by Crippen LogP contribution is 2.20. The van der Waals surface area contributed by atoms with Gasteiger partial charge in [0.15, 0.2) is 11.5 Å². The highest BCUT2D eigenvalue weighted by Gasteiger charge is 2.20. The average molecular weight is 274 g/mol. The molecule has 20 heavy (non-hydrogen) atoms. The second-order valence-corrected chi connectivity index (χ2v) is 5.02. The van der Waals surface area contributed by atoms with Crippen molar-refractivity contribution >= 4 is 22.8 Å². The molecule has 106 valence electrons. The van der Waals surface area contributed by atoms with Crippen LogP contribution in [0.4, 0.5) is 5.82 Å². The van der Waals surface area contributed by atoms with Crippen LogP contribution in [-0.2, 0) is 18.4 Å². The van der Waals surface area contributed by atoms with Gasteiger partial charge in [-0.1, -0.05) is 0 Å². The van der Waals surface area contributed by atoms with Gasteiger partial charge in [0.1, 0.15) is 5.82 Å². The smallest absolute Gasteiger partial charge is 0.222 e. The van der Waals surface area contributed by atoms with Crippen LogP contribution in [0.2, 0.25) is 0 Å². The van der Waals surface area contributed by atoms with Gasteiger partial charge in [0.25, 0.3) is 0 Å². The van der Waals surface area contributed by atoms with Crippen molar-refractivity contribution in [3.05, 3.63) is 12.0 Å². The minimum absolute atomic E-state index is 0.191. The van der Waals surface area contributed by atoms with Crippen molar-refractivity contribution in [2.45, 2.75) is 25.8 Å². The molecule has 7 nitrogen and oxygen atoms in total. The summed E-state index contributed by atoms with van der Waals surface area (Å²) in [5.74, 6) is 1.60. The van der Waals surface area contributed by atoms with Gasteiger partial charge < -0.3 is 10.2 Å². The van der Waals surface area contributed by atoms with Crippen molar-refractivity contribution in [2.75, 3.05) is 18.9 Å². The molecule has 1 aliphatic rings. The predicted octanol–water partition coefficient (Wildman–Crippen LogP) is 0.917. The van der Waals surface area contributed by atoms with Crippen LogP contribution < -0.4 is 5.32 Å². The van der Waals surface area contributed by atoms with Crippen molar-refractivity contribution in [3.8, 4) is 0 Å². The fourth-order valence-corrected chi connectivity index (χ4v) is 2.53. The molecule has 0 aromatic carbocycles. The second-order valence-electron chi connectivity index (χ2n) is 5.02. The molecule has 3 rings (SSSR count). The third-order valence-corrected chi connectivity index (χ3v) is 3.63. The highest BCUT2D eigenvalue weighted by atomic mass is 16.2. The van der Waals surface area contributed by atoms with Crippen LogP contribution in [0, 0.1) is 0 Å². The fraction of sp³-hybridized carbons (Fsp3) is 0.538. The Labute approximate surface area is 117 Å². The molecule has 3 heterocycles. The lowest BCUT2D eigenvalue weighted by molar-refractivity contribution is -0.134. The predicted molar refractivity (Wildman–Crippen MR) is 75.1 cm³/mol. The minimum atomic E-state index is 0.191. The van der Waals surface area contributed by atoms with Gasteiger partial charge in [-0.05, 0) is 12.8 Å². The van der Waals surface area contributed by atoms with E-state index in [9.17, 15) is 4.79 Å². The molecule has 2 aromatic heterocycles. The lowest BCUT2D eigenvalue weighted by atomic mass is 10.1. The summed E-state index contributed by atoms with van der Waals surface area (Å²) < 4.78 is 1.72. The van der Waals surface area contributed by atoms with Crippen LogP contribution in [0.25, 0.3) is 11.0 Å². The van der Waals surface area contributed by atoms with Crippen molar-refractivity contribution in [1.29, 1.82) is 0 Å². The van der Waals surface area contributed by atoms with E-state index < -0.39 is 0 Å². The quantitative estimate of drug-likeness (QED) is 0.900. The molecule has 0 spiro atoms. The molecule has 0 saturated carbocycles. The summed E-state index contributed by atoms with van der Waals surface area (Å²) in [6.07, 6.45) is 4.42. The topological polar surface area (TPSA) is 75.9 Å². The first kappa shape index (κ1) is 12.8. The number of nitrogens with zero attached hydrogens (tertiary/aromatic N) is 5. The summed E-state index contributed by atoms with van der Waals surface area (Å²) in [5.41, 5.74) is 0.781. The third kappa shape index (κ3) is 2.19. The van der Waals surface area contributed by atoms with Crippen LogP contribution in [0.5, 0.6) is 0 Å². The number of likely N-dealkylation sites (tertiary alicyclic amines) is 1. The highest BCUT2D eigenvalue weighted by molar-refractivity contribution is 5.86. The van der Waals surface area contributed by atoms with E-state index in [4.69, 9.17) is 0 Å². The van der Waals surface area contributed by atoms with Gasteiger partial charge in [0.2, 0.25) is 5.91 Å². The van der Waals surface area contributed by atoms with E-state index in [0.29, 0.717) is 18.8 Å². The number of anilines is 1. The standard InChI is InChI=1S/C13H18N6O/c1-14-12-9-7-15-18(2)13(9)17-10(16-12)8-19-6-4-3-5-11(19)20/h7H,3-6,8H2,1-2H3,(H,14,16,17). The van der Waals surface area contributed by atoms with E-state index in [1.807, 2.05) is 19.0 Å². The van der Waals surface area contributed by atoms with Crippen LogP contribution in [0.3, 0.4) is 0 Å². The van der Waals surface area contributed by atoms with Crippen molar-refractivity contribution < 1.29 is 4.79 Å². The molecule has 0 bridgehead atoms. The Bertz CT molecular complexity index is 650. The molecular weight excluding hydrogens is 256 g/mol. The molecule has 0 aliphatic carbocycles. The Morgan fingerprint density at radius 1 is 1.35 bits per heavy atom. The van der Waals surface area contributed by atoms with Crippen LogP contribution in [-0.4, -0.2) is 44.1 Å². The summed E-state index contributed by atoms with van der Waals surface area (Å²) in [6.45, 7) is 1.26. The fourth-order valence-electron chi connectivity index (χ4n) is 2.53. The summed E-state index contributed by atoms with van der Waals surface area (Å²) in [6, 6.07) is 0. The van der Waals surface area contributed by atoms with Gasteiger partial charge in [-0.2, -0.15) is 5.10 Å². The van der Waals surface area contributed by atoms with Gasteiger partial charge in [-0.3, -0.25) is 9.48 Å². The Morgan fingerprint density at radius 2 is 2.20 bits per heavy atom. The number of nitrogens with one attached hydrogen (secondary N) is 1. The lowest BCUT2D eigenvalue weighted by Crippen LogP contribution is -2.35. The Hall–Kier alpha value is -2.18. The number of rotatable bonds is 3. The molecular formula is C13H18N6O. The van der Waals surface area contributed by atoms with Gasteiger partial charge in [0.05, 0.1) is 18.1 Å². The normalized spacial score (nSPS) is 15.9. The monoisotopic (exact) mass is 274 g/mol. The zero-order valence-corrected chi connectivity index (χ0v) is 11.8. The molecule has 1 aliphatic heterocycles. The number of aryl methyl sites for hydroxylation is 1. The zero-order chi connectivity index (χ0) is 14.1. The molecule has 1 fully saturated rings. The molecule has 1 amide bonds. The largest absolute Gasteiger partial charge is 0.372 e. The van der Waals surface area contributed by atoms with E-state index in [-0.39, 0.29) is 5.91 Å². The number of amides is 1. The molecule has 1 N–H and O–H groups in total. The number of hydrogen-bond donors (Lipinski definition) is 1. The van der Waals surface area contributed by atoms with Crippen LogP contribution in [0.15, 0.2) is 6.20 Å². The van der Waals surface area contributed by atoms with Crippen LogP contribution in [0.1, 0.15) is 25.1 Å². The van der Waals surface area contributed by atoms with Gasteiger partial charge in [-0.25, -0.2) is 9.97 Å². The Balaban J connectivity index is 1.94.